The van der Waals surface area contributed by atoms with E-state index in [1.165, 1.54) is 12.5 Å². The Labute approximate surface area is 111 Å². The van der Waals surface area contributed by atoms with Gasteiger partial charge >= 0.3 is 0 Å². The third-order valence-electron chi connectivity index (χ3n) is 3.29. The highest BCUT2D eigenvalue weighted by molar-refractivity contribution is 6.33. The topological polar surface area (TPSA) is 72.1 Å². The molecule has 0 saturated carbocycles. The molecule has 1 saturated heterocycles. The lowest BCUT2D eigenvalue weighted by molar-refractivity contribution is 0.0577. The normalized spacial score (nSPS) is 21.7. The molecule has 2 atom stereocenters. The molecule has 6 heteroatoms. The predicted molar refractivity (Wildman–Crippen MR) is 69.4 cm³/mol. The lowest BCUT2D eigenvalue weighted by Crippen LogP contribution is -2.51. The highest BCUT2D eigenvalue weighted by atomic mass is 35.5. The fourth-order valence-electron chi connectivity index (χ4n) is 2.36. The average molecular weight is 269 g/mol. The zero-order valence-electron chi connectivity index (χ0n) is 10.3. The number of aromatic nitrogens is 2. The fraction of sp³-hybridized carbons (Fsp3) is 0.583. The van der Waals surface area contributed by atoms with E-state index >= 15 is 0 Å². The van der Waals surface area contributed by atoms with Crippen molar-refractivity contribution < 1.29 is 4.79 Å². The van der Waals surface area contributed by atoms with Crippen LogP contribution in [0.1, 0.15) is 36.7 Å². The number of hydrogen-bond donors (Lipinski definition) is 1. The van der Waals surface area contributed by atoms with Gasteiger partial charge in [-0.05, 0) is 26.2 Å². The van der Waals surface area contributed by atoms with Crippen molar-refractivity contribution in [2.75, 3.05) is 6.54 Å². The molecule has 98 valence electrons. The van der Waals surface area contributed by atoms with Crippen LogP contribution >= 0.6 is 11.6 Å². The second-order valence-electron chi connectivity index (χ2n) is 4.64. The molecule has 2 heterocycles. The summed E-state index contributed by atoms with van der Waals surface area (Å²) in [6.45, 7) is 2.64. The molecule has 0 unspecified atom stereocenters. The molecule has 2 rings (SSSR count). The van der Waals surface area contributed by atoms with Crippen molar-refractivity contribution in [3.8, 4) is 0 Å². The standard InChI is InChI=1S/C12H17ClN4O/c1-8(14)10-4-2-3-5-17(10)12(18)11-9(13)6-15-7-16-11/h6-8,10H,2-5,14H2,1H3/t8-,10+/m1/s1. The second kappa shape index (κ2) is 5.63. The molecule has 1 amide bonds. The minimum absolute atomic E-state index is 0.0464. The van der Waals surface area contributed by atoms with E-state index < -0.39 is 0 Å². The second-order valence-corrected chi connectivity index (χ2v) is 5.05. The van der Waals surface area contributed by atoms with Crippen molar-refractivity contribution in [1.82, 2.24) is 14.9 Å². The van der Waals surface area contributed by atoms with Crippen molar-refractivity contribution in [2.45, 2.75) is 38.3 Å². The smallest absolute Gasteiger partial charge is 0.274 e. The summed E-state index contributed by atoms with van der Waals surface area (Å²) >= 11 is 5.96. The van der Waals surface area contributed by atoms with Gasteiger partial charge in [-0.1, -0.05) is 11.6 Å². The number of rotatable bonds is 2. The molecule has 0 aromatic carbocycles. The Balaban J connectivity index is 2.24. The number of nitrogens with zero attached hydrogens (tertiary/aromatic N) is 3. The van der Waals surface area contributed by atoms with Crippen LogP contribution in [0.25, 0.3) is 0 Å². The monoisotopic (exact) mass is 268 g/mol. The molecule has 18 heavy (non-hydrogen) atoms. The molecule has 0 bridgehead atoms. The van der Waals surface area contributed by atoms with Gasteiger partial charge in [0.05, 0.1) is 5.02 Å². The molecular formula is C12H17ClN4O. The maximum Gasteiger partial charge on any atom is 0.274 e. The summed E-state index contributed by atoms with van der Waals surface area (Å²) in [7, 11) is 0. The summed E-state index contributed by atoms with van der Waals surface area (Å²) in [5.74, 6) is -0.149. The number of amides is 1. The maximum atomic E-state index is 12.4. The first-order valence-electron chi connectivity index (χ1n) is 6.13. The van der Waals surface area contributed by atoms with Crippen LogP contribution in [0.2, 0.25) is 5.02 Å². The minimum atomic E-state index is -0.149. The molecule has 0 aliphatic carbocycles. The van der Waals surface area contributed by atoms with Crippen molar-refractivity contribution in [3.05, 3.63) is 23.2 Å². The van der Waals surface area contributed by atoms with E-state index in [4.69, 9.17) is 17.3 Å². The Morgan fingerprint density at radius 2 is 2.39 bits per heavy atom. The summed E-state index contributed by atoms with van der Waals surface area (Å²) in [6, 6.07) is 0.0205. The SMILES string of the molecule is C[C@@H](N)[C@@H]1CCCCN1C(=O)c1ncncc1Cl. The number of carbonyl (C=O) groups excluding carboxylic acids is 1. The Bertz CT molecular complexity index is 438. The summed E-state index contributed by atoms with van der Waals surface area (Å²) in [4.78, 5) is 22.0. The molecule has 1 aromatic rings. The van der Waals surface area contributed by atoms with Gasteiger partial charge in [-0.25, -0.2) is 9.97 Å². The molecule has 0 spiro atoms. The Morgan fingerprint density at radius 1 is 1.61 bits per heavy atom. The van der Waals surface area contributed by atoms with Gasteiger partial charge in [-0.15, -0.1) is 0 Å². The lowest BCUT2D eigenvalue weighted by atomic mass is 9.96. The van der Waals surface area contributed by atoms with E-state index in [2.05, 4.69) is 9.97 Å². The van der Waals surface area contributed by atoms with Crippen molar-refractivity contribution >= 4 is 17.5 Å². The van der Waals surface area contributed by atoms with E-state index in [-0.39, 0.29) is 28.7 Å². The number of piperidine rings is 1. The van der Waals surface area contributed by atoms with Crippen molar-refractivity contribution in [1.29, 1.82) is 0 Å². The maximum absolute atomic E-state index is 12.4. The molecule has 2 N–H and O–H groups in total. The average Bonchev–Trinajstić information content (AvgIpc) is 2.38. The van der Waals surface area contributed by atoms with Gasteiger partial charge in [-0.2, -0.15) is 0 Å². The largest absolute Gasteiger partial charge is 0.333 e. The molecule has 1 aliphatic heterocycles. The van der Waals surface area contributed by atoms with Crippen molar-refractivity contribution in [3.63, 3.8) is 0 Å². The van der Waals surface area contributed by atoms with Crippen LogP contribution in [0.4, 0.5) is 0 Å². The van der Waals surface area contributed by atoms with E-state index in [0.29, 0.717) is 6.54 Å². The number of nitrogens with two attached hydrogens (primary N) is 1. The molecule has 0 radical (unpaired) electrons. The Hall–Kier alpha value is -1.20. The van der Waals surface area contributed by atoms with Crippen LogP contribution in [0, 0.1) is 0 Å². The Kier molecular flexibility index (Phi) is 4.14. The zero-order valence-corrected chi connectivity index (χ0v) is 11.1. The van der Waals surface area contributed by atoms with Crippen LogP contribution < -0.4 is 5.73 Å². The predicted octanol–water partition coefficient (Wildman–Crippen LogP) is 1.47. The number of halogens is 1. The molecule has 1 aliphatic rings. The first-order chi connectivity index (χ1) is 8.61. The summed E-state index contributed by atoms with van der Waals surface area (Å²) in [6.07, 6.45) is 5.81. The molecular weight excluding hydrogens is 252 g/mol. The summed E-state index contributed by atoms with van der Waals surface area (Å²) in [5.41, 5.74) is 6.21. The molecule has 1 aromatic heterocycles. The van der Waals surface area contributed by atoms with Gasteiger partial charge in [0.25, 0.3) is 5.91 Å². The van der Waals surface area contributed by atoms with Crippen LogP contribution in [-0.4, -0.2) is 39.4 Å². The fourth-order valence-corrected chi connectivity index (χ4v) is 2.55. The van der Waals surface area contributed by atoms with Crippen molar-refractivity contribution in [2.24, 2.45) is 5.73 Å². The highest BCUT2D eigenvalue weighted by Crippen LogP contribution is 2.22. The van der Waals surface area contributed by atoms with Gasteiger partial charge in [-0.3, -0.25) is 4.79 Å². The molecule has 5 nitrogen and oxygen atoms in total. The third-order valence-corrected chi connectivity index (χ3v) is 3.56. The highest BCUT2D eigenvalue weighted by Gasteiger charge is 2.31. The van der Waals surface area contributed by atoms with Crippen LogP contribution in [0.15, 0.2) is 12.5 Å². The Morgan fingerprint density at radius 3 is 3.06 bits per heavy atom. The zero-order chi connectivity index (χ0) is 13.1. The first-order valence-corrected chi connectivity index (χ1v) is 6.51. The van der Waals surface area contributed by atoms with Crippen LogP contribution in [0.3, 0.4) is 0 Å². The van der Waals surface area contributed by atoms with Gasteiger partial charge < -0.3 is 10.6 Å². The van der Waals surface area contributed by atoms with Gasteiger partial charge in [0.15, 0.2) is 0 Å². The van der Waals surface area contributed by atoms with E-state index in [0.717, 1.165) is 19.3 Å². The summed E-state index contributed by atoms with van der Waals surface area (Å²) in [5, 5.41) is 0.288. The summed E-state index contributed by atoms with van der Waals surface area (Å²) < 4.78 is 0. The van der Waals surface area contributed by atoms with E-state index in [1.807, 2.05) is 6.92 Å². The van der Waals surface area contributed by atoms with Gasteiger partial charge in [0, 0.05) is 24.8 Å². The van der Waals surface area contributed by atoms with E-state index in [1.54, 1.807) is 4.90 Å². The first kappa shape index (κ1) is 13.2. The number of likely N-dealkylation sites (tertiary alicyclic amines) is 1. The molecule has 1 fully saturated rings. The number of hydrogen-bond acceptors (Lipinski definition) is 4. The van der Waals surface area contributed by atoms with Gasteiger partial charge in [0.2, 0.25) is 0 Å². The minimum Gasteiger partial charge on any atom is -0.333 e. The lowest BCUT2D eigenvalue weighted by Gasteiger charge is -2.37. The van der Waals surface area contributed by atoms with E-state index in [9.17, 15) is 4.79 Å². The third kappa shape index (κ3) is 2.62. The quantitative estimate of drug-likeness (QED) is 0.882. The number of carbonyl (C=O) groups is 1. The van der Waals surface area contributed by atoms with Crippen LogP contribution in [0.5, 0.6) is 0 Å². The van der Waals surface area contributed by atoms with Gasteiger partial charge in [0.1, 0.15) is 12.0 Å². The van der Waals surface area contributed by atoms with Crippen LogP contribution in [-0.2, 0) is 0 Å².